The van der Waals surface area contributed by atoms with Crippen LogP contribution in [-0.4, -0.2) is 30.1 Å². The zero-order chi connectivity index (χ0) is 27.9. The van der Waals surface area contributed by atoms with Gasteiger partial charge in [-0.15, -0.1) is 6.58 Å². The Morgan fingerprint density at radius 2 is 2.05 bits per heavy atom. The Hall–Kier alpha value is -4.46. The average Bonchev–Trinajstić information content (AvgIpc) is 3.40. The molecule has 0 amide bonds. The molecule has 8 heteroatoms. The van der Waals surface area contributed by atoms with Crippen LogP contribution in [0.3, 0.4) is 0 Å². The molecule has 0 saturated heterocycles. The zero-order valence-electron chi connectivity index (χ0n) is 21.9. The number of carbonyl (C=O) groups is 2. The minimum Gasteiger partial charge on any atom is -0.459 e. The summed E-state index contributed by atoms with van der Waals surface area (Å²) >= 11 is 0. The van der Waals surface area contributed by atoms with Gasteiger partial charge in [0.25, 0.3) is 5.69 Å². The summed E-state index contributed by atoms with van der Waals surface area (Å²) in [5, 5.41) is 14.1. The van der Waals surface area contributed by atoms with Gasteiger partial charge in [0.05, 0.1) is 15.9 Å². The van der Waals surface area contributed by atoms with Crippen molar-refractivity contribution in [2.75, 3.05) is 6.79 Å². The van der Waals surface area contributed by atoms with Crippen molar-refractivity contribution < 1.29 is 28.7 Å². The van der Waals surface area contributed by atoms with Gasteiger partial charge in [-0.3, -0.25) is 14.9 Å². The highest BCUT2D eigenvalue weighted by Gasteiger charge is 2.38. The molecule has 0 aromatic heterocycles. The summed E-state index contributed by atoms with van der Waals surface area (Å²) < 4.78 is 17.2. The average molecular weight is 528 g/mol. The monoisotopic (exact) mass is 527 g/mol. The summed E-state index contributed by atoms with van der Waals surface area (Å²) in [6, 6.07) is 10.1. The Labute approximate surface area is 225 Å². The Balaban J connectivity index is 1.54. The van der Waals surface area contributed by atoms with E-state index in [9.17, 15) is 19.7 Å². The molecule has 0 N–H and O–H groups in total. The fraction of sp³-hybridized carbons (Fsp3) is 0.290. The molecule has 0 spiro atoms. The summed E-state index contributed by atoms with van der Waals surface area (Å²) in [7, 11) is 0. The van der Waals surface area contributed by atoms with Gasteiger partial charge in [0, 0.05) is 23.8 Å². The van der Waals surface area contributed by atoms with Gasteiger partial charge in [0.1, 0.15) is 12.4 Å². The number of fused-ring (bicyclic) bond motifs is 5. The van der Waals surface area contributed by atoms with Crippen molar-refractivity contribution in [2.24, 2.45) is 11.3 Å². The third-order valence-corrected chi connectivity index (χ3v) is 7.80. The van der Waals surface area contributed by atoms with E-state index in [2.05, 4.69) is 19.2 Å². The van der Waals surface area contributed by atoms with Crippen molar-refractivity contribution in [3.63, 3.8) is 0 Å². The lowest BCUT2D eigenvalue weighted by atomic mass is 9.64. The summed E-state index contributed by atoms with van der Waals surface area (Å²) in [6.45, 7) is 11.7. The SMILES string of the molecule is C=C[C@@]1(C)CCC=C(C[C@H](C)OC(=O)c2cc3c(c4c2c([N+](=O)[O-])cc2ccccc24)OCO3)[C@@H]1C(=C)C=O. The second-order valence-corrected chi connectivity index (χ2v) is 10.4. The van der Waals surface area contributed by atoms with Crippen molar-refractivity contribution in [1.29, 1.82) is 0 Å². The Kier molecular flexibility index (Phi) is 6.72. The number of ether oxygens (including phenoxy) is 3. The number of esters is 1. The Morgan fingerprint density at radius 3 is 2.77 bits per heavy atom. The number of benzene rings is 3. The molecule has 3 atom stereocenters. The third kappa shape index (κ3) is 4.46. The minimum atomic E-state index is -0.710. The number of aldehydes is 1. The molecule has 1 heterocycles. The van der Waals surface area contributed by atoms with Crippen LogP contribution in [0.2, 0.25) is 0 Å². The first-order valence-corrected chi connectivity index (χ1v) is 12.8. The van der Waals surface area contributed by atoms with Crippen molar-refractivity contribution in [2.45, 2.75) is 39.2 Å². The number of hydrogen-bond donors (Lipinski definition) is 0. The lowest BCUT2D eigenvalue weighted by Crippen LogP contribution is -2.33. The number of non-ortho nitro benzene ring substituents is 1. The Bertz CT molecular complexity index is 1590. The van der Waals surface area contributed by atoms with E-state index in [1.165, 1.54) is 12.1 Å². The van der Waals surface area contributed by atoms with Crippen molar-refractivity contribution >= 4 is 39.5 Å². The molecule has 0 radical (unpaired) electrons. The highest BCUT2D eigenvalue weighted by molar-refractivity contribution is 6.21. The Morgan fingerprint density at radius 1 is 1.28 bits per heavy atom. The summed E-state index contributed by atoms with van der Waals surface area (Å²) in [5.74, 6) is -0.272. The molecule has 2 aliphatic rings. The maximum Gasteiger partial charge on any atom is 0.339 e. The number of allylic oxidation sites excluding steroid dienone is 3. The molecular formula is C31H29NO7. The second kappa shape index (κ2) is 10.0. The van der Waals surface area contributed by atoms with Gasteiger partial charge in [0.2, 0.25) is 6.79 Å². The molecule has 3 aromatic rings. The number of nitro groups is 1. The van der Waals surface area contributed by atoms with E-state index in [-0.39, 0.29) is 34.8 Å². The van der Waals surface area contributed by atoms with Crippen LogP contribution in [-0.2, 0) is 9.53 Å². The number of carbonyl (C=O) groups excluding carboxylic acids is 2. The maximum atomic E-state index is 13.6. The van der Waals surface area contributed by atoms with Gasteiger partial charge >= 0.3 is 5.97 Å². The van der Waals surface area contributed by atoms with Gasteiger partial charge in [-0.1, -0.05) is 55.5 Å². The number of rotatable bonds is 8. The van der Waals surface area contributed by atoms with E-state index in [1.54, 1.807) is 19.1 Å². The fourth-order valence-corrected chi connectivity index (χ4v) is 5.97. The van der Waals surface area contributed by atoms with Crippen LogP contribution in [0.5, 0.6) is 11.5 Å². The fourth-order valence-electron chi connectivity index (χ4n) is 5.97. The molecule has 39 heavy (non-hydrogen) atoms. The summed E-state index contributed by atoms with van der Waals surface area (Å²) in [5.41, 5.74) is 0.863. The number of hydrogen-bond acceptors (Lipinski definition) is 7. The van der Waals surface area contributed by atoms with E-state index in [1.807, 2.05) is 25.1 Å². The van der Waals surface area contributed by atoms with Gasteiger partial charge in [-0.25, -0.2) is 4.79 Å². The molecule has 5 rings (SSSR count). The van der Waals surface area contributed by atoms with Crippen molar-refractivity contribution in [1.82, 2.24) is 0 Å². The first kappa shape index (κ1) is 26.2. The number of nitro benzene ring substituents is 1. The van der Waals surface area contributed by atoms with Crippen LogP contribution in [0.1, 0.15) is 43.5 Å². The van der Waals surface area contributed by atoms with Crippen molar-refractivity contribution in [3.05, 3.63) is 88.5 Å². The predicted molar refractivity (Wildman–Crippen MR) is 148 cm³/mol. The van der Waals surface area contributed by atoms with E-state index in [0.717, 1.165) is 24.7 Å². The molecule has 1 aliphatic heterocycles. The normalized spacial score (nSPS) is 20.8. The molecule has 0 saturated carbocycles. The van der Waals surface area contributed by atoms with Crippen LogP contribution in [0.25, 0.3) is 21.5 Å². The van der Waals surface area contributed by atoms with Gasteiger partial charge in [-0.05, 0) is 47.6 Å². The van der Waals surface area contributed by atoms with Gasteiger partial charge in [-0.2, -0.15) is 0 Å². The largest absolute Gasteiger partial charge is 0.459 e. The highest BCUT2D eigenvalue weighted by atomic mass is 16.7. The first-order chi connectivity index (χ1) is 18.7. The van der Waals surface area contributed by atoms with Crippen LogP contribution < -0.4 is 9.47 Å². The maximum absolute atomic E-state index is 13.6. The highest BCUT2D eigenvalue weighted by Crippen LogP contribution is 2.49. The predicted octanol–water partition coefficient (Wildman–Crippen LogP) is 6.85. The minimum absolute atomic E-state index is 0.0287. The van der Waals surface area contributed by atoms with Crippen molar-refractivity contribution in [3.8, 4) is 11.5 Å². The summed E-state index contributed by atoms with van der Waals surface area (Å²) in [4.78, 5) is 37.0. The lowest BCUT2D eigenvalue weighted by Gasteiger charge is -2.40. The lowest BCUT2D eigenvalue weighted by molar-refractivity contribution is -0.383. The van der Waals surface area contributed by atoms with Crippen LogP contribution in [0.4, 0.5) is 5.69 Å². The van der Waals surface area contributed by atoms with E-state index in [4.69, 9.17) is 14.2 Å². The molecule has 0 bridgehead atoms. The molecular weight excluding hydrogens is 498 g/mol. The molecule has 0 fully saturated rings. The molecule has 3 aromatic carbocycles. The molecule has 8 nitrogen and oxygen atoms in total. The van der Waals surface area contributed by atoms with Crippen LogP contribution in [0.15, 0.2) is 72.9 Å². The topological polar surface area (TPSA) is 105 Å². The summed E-state index contributed by atoms with van der Waals surface area (Å²) in [6.07, 6.45) is 6.11. The van der Waals surface area contributed by atoms with E-state index >= 15 is 0 Å². The first-order valence-electron chi connectivity index (χ1n) is 12.8. The van der Waals surface area contributed by atoms with Gasteiger partial charge < -0.3 is 14.2 Å². The quantitative estimate of drug-likeness (QED) is 0.0600. The smallest absolute Gasteiger partial charge is 0.339 e. The standard InChI is InChI=1S/C31H29NO7/c1-5-31(4)12-8-10-21(28(31)18(2)16-33)13-19(3)39-30(34)23-15-25-29(38-17-37-25)27-22-11-7-6-9-20(22)14-24(26(23)27)32(35)36/h5-7,9-11,14-16,19,28H,1-2,8,12-13,17H2,3-4H3/t19-,28-,31-/m0/s1. The molecule has 200 valence electrons. The number of nitrogens with zero attached hydrogens (tertiary/aromatic N) is 1. The second-order valence-electron chi connectivity index (χ2n) is 10.4. The van der Waals surface area contributed by atoms with Gasteiger partial charge in [0.15, 0.2) is 11.5 Å². The van der Waals surface area contributed by atoms with Crippen LogP contribution >= 0.6 is 0 Å². The third-order valence-electron chi connectivity index (χ3n) is 7.80. The van der Waals surface area contributed by atoms with E-state index < -0.39 is 17.0 Å². The molecule has 0 unspecified atom stereocenters. The van der Waals surface area contributed by atoms with Crippen LogP contribution in [0, 0.1) is 21.4 Å². The zero-order valence-corrected chi connectivity index (χ0v) is 21.9. The molecule has 1 aliphatic carbocycles. The van der Waals surface area contributed by atoms with E-state index in [0.29, 0.717) is 39.7 Å².